The average molecular weight is 281 g/mol. The van der Waals surface area contributed by atoms with Gasteiger partial charge in [-0.1, -0.05) is 30.3 Å². The molecule has 1 atom stereocenters. The summed E-state index contributed by atoms with van der Waals surface area (Å²) in [5.41, 5.74) is 1.39. The summed E-state index contributed by atoms with van der Waals surface area (Å²) in [5, 5.41) is 14.8. The van der Waals surface area contributed by atoms with Gasteiger partial charge in [0.05, 0.1) is 6.33 Å². The predicted molar refractivity (Wildman–Crippen MR) is 80.9 cm³/mol. The molecule has 0 bridgehead atoms. The number of rotatable bonds is 4. The van der Waals surface area contributed by atoms with E-state index in [9.17, 15) is 9.90 Å². The lowest BCUT2D eigenvalue weighted by Gasteiger charge is -2.11. The summed E-state index contributed by atoms with van der Waals surface area (Å²) < 4.78 is 0. The van der Waals surface area contributed by atoms with Gasteiger partial charge in [0.15, 0.2) is 0 Å². The smallest absolute Gasteiger partial charge is 0.253 e. The van der Waals surface area contributed by atoms with Crippen molar-refractivity contribution in [1.29, 1.82) is 0 Å². The molecule has 21 heavy (non-hydrogen) atoms. The lowest BCUT2D eigenvalue weighted by atomic mass is 10.1. The quantitative estimate of drug-likeness (QED) is 0.685. The molecule has 106 valence electrons. The first kappa shape index (κ1) is 13.3. The van der Waals surface area contributed by atoms with Crippen LogP contribution >= 0.6 is 0 Å². The lowest BCUT2D eigenvalue weighted by Crippen LogP contribution is -2.29. The minimum absolute atomic E-state index is 0.208. The maximum absolute atomic E-state index is 12.0. The number of aliphatic hydroxyl groups is 1. The molecule has 1 unspecified atom stereocenters. The van der Waals surface area contributed by atoms with Crippen LogP contribution in [0.1, 0.15) is 5.69 Å². The normalized spacial score (nSPS) is 12.2. The van der Waals surface area contributed by atoms with Crippen LogP contribution in [0.2, 0.25) is 0 Å². The highest BCUT2D eigenvalue weighted by Gasteiger charge is 2.16. The molecule has 0 saturated carbocycles. The zero-order valence-electron chi connectivity index (χ0n) is 11.3. The van der Waals surface area contributed by atoms with E-state index in [1.807, 2.05) is 42.5 Å². The summed E-state index contributed by atoms with van der Waals surface area (Å²) in [4.78, 5) is 18.7. The van der Waals surface area contributed by atoms with E-state index in [4.69, 9.17) is 0 Å². The highest BCUT2D eigenvalue weighted by molar-refractivity contribution is 5.96. The number of hydrogen-bond acceptors (Lipinski definition) is 3. The van der Waals surface area contributed by atoms with Gasteiger partial charge in [0.25, 0.3) is 5.91 Å². The Hall–Kier alpha value is -2.66. The Balaban J connectivity index is 1.70. The Morgan fingerprint density at radius 3 is 2.81 bits per heavy atom. The Labute approximate surface area is 121 Å². The number of nitrogens with one attached hydrogen (secondary N) is 2. The number of hydrogen-bond donors (Lipinski definition) is 3. The summed E-state index contributed by atoms with van der Waals surface area (Å²) >= 11 is 0. The molecule has 0 saturated heterocycles. The highest BCUT2D eigenvalue weighted by Crippen LogP contribution is 2.19. The first-order valence-corrected chi connectivity index (χ1v) is 6.67. The number of aromatic amines is 1. The van der Waals surface area contributed by atoms with Crippen molar-refractivity contribution in [2.45, 2.75) is 12.5 Å². The number of nitrogens with zero attached hydrogens (tertiary/aromatic N) is 1. The molecule has 1 aromatic heterocycles. The molecule has 0 aliphatic rings. The molecule has 3 aromatic rings. The number of benzene rings is 2. The van der Waals surface area contributed by atoms with Crippen molar-refractivity contribution < 1.29 is 9.90 Å². The molecular formula is C16H15N3O2. The summed E-state index contributed by atoms with van der Waals surface area (Å²) in [7, 11) is 0. The molecule has 5 heteroatoms. The first-order valence-electron chi connectivity index (χ1n) is 6.67. The summed E-state index contributed by atoms with van der Waals surface area (Å²) in [6.07, 6.45) is 2.20. The van der Waals surface area contributed by atoms with Crippen LogP contribution in [0.25, 0.3) is 10.8 Å². The van der Waals surface area contributed by atoms with Gasteiger partial charge >= 0.3 is 0 Å². The lowest BCUT2D eigenvalue weighted by molar-refractivity contribution is -0.123. The number of fused-ring (bicyclic) bond motifs is 1. The fourth-order valence-corrected chi connectivity index (χ4v) is 2.19. The summed E-state index contributed by atoms with van der Waals surface area (Å²) in [6, 6.07) is 13.5. The standard InChI is InChI=1S/C16H15N3O2/c20-15(8-14-9-17-10-18-14)16(21)19-13-6-5-11-3-1-2-4-12(11)7-13/h1-7,9-10,15,20H,8H2,(H,17,18)(H,19,21). The molecule has 0 spiro atoms. The Morgan fingerprint density at radius 1 is 1.24 bits per heavy atom. The second-order valence-corrected chi connectivity index (χ2v) is 4.85. The van der Waals surface area contributed by atoms with E-state index in [1.54, 1.807) is 6.20 Å². The van der Waals surface area contributed by atoms with Gasteiger partial charge in [0.2, 0.25) is 0 Å². The Bertz CT molecular complexity index is 753. The maximum atomic E-state index is 12.0. The van der Waals surface area contributed by atoms with Crippen molar-refractivity contribution in [3.8, 4) is 0 Å². The van der Waals surface area contributed by atoms with E-state index >= 15 is 0 Å². The molecule has 0 fully saturated rings. The van der Waals surface area contributed by atoms with Crippen LogP contribution in [-0.4, -0.2) is 27.1 Å². The highest BCUT2D eigenvalue weighted by atomic mass is 16.3. The zero-order valence-corrected chi connectivity index (χ0v) is 11.3. The van der Waals surface area contributed by atoms with E-state index in [0.717, 1.165) is 16.5 Å². The number of carbonyl (C=O) groups excluding carboxylic acids is 1. The van der Waals surface area contributed by atoms with Gasteiger partial charge in [-0.25, -0.2) is 4.98 Å². The molecule has 1 heterocycles. The van der Waals surface area contributed by atoms with E-state index in [2.05, 4.69) is 15.3 Å². The van der Waals surface area contributed by atoms with Gasteiger partial charge in [0, 0.05) is 24.0 Å². The van der Waals surface area contributed by atoms with E-state index < -0.39 is 12.0 Å². The Kier molecular flexibility index (Phi) is 3.66. The maximum Gasteiger partial charge on any atom is 0.253 e. The Morgan fingerprint density at radius 2 is 2.05 bits per heavy atom. The van der Waals surface area contributed by atoms with Crippen molar-refractivity contribution in [3.05, 3.63) is 60.7 Å². The van der Waals surface area contributed by atoms with Crippen LogP contribution in [0, 0.1) is 0 Å². The number of aromatic nitrogens is 2. The second kappa shape index (κ2) is 5.76. The van der Waals surface area contributed by atoms with Crippen molar-refractivity contribution in [2.24, 2.45) is 0 Å². The van der Waals surface area contributed by atoms with Gasteiger partial charge in [-0.15, -0.1) is 0 Å². The molecule has 2 aromatic carbocycles. The molecule has 3 rings (SSSR count). The van der Waals surface area contributed by atoms with Crippen molar-refractivity contribution in [3.63, 3.8) is 0 Å². The third-order valence-corrected chi connectivity index (χ3v) is 3.29. The second-order valence-electron chi connectivity index (χ2n) is 4.85. The monoisotopic (exact) mass is 281 g/mol. The topological polar surface area (TPSA) is 78.0 Å². The van der Waals surface area contributed by atoms with Crippen LogP contribution in [0.4, 0.5) is 5.69 Å². The van der Waals surface area contributed by atoms with Crippen LogP contribution in [0.5, 0.6) is 0 Å². The summed E-state index contributed by atoms with van der Waals surface area (Å²) in [5.74, 6) is -0.431. The number of amides is 1. The number of carbonyl (C=O) groups is 1. The first-order chi connectivity index (χ1) is 10.2. The largest absolute Gasteiger partial charge is 0.383 e. The molecule has 0 aliphatic carbocycles. The zero-order chi connectivity index (χ0) is 14.7. The van der Waals surface area contributed by atoms with E-state index in [1.165, 1.54) is 6.33 Å². The molecule has 0 aliphatic heterocycles. The van der Waals surface area contributed by atoms with Crippen molar-refractivity contribution >= 4 is 22.4 Å². The molecule has 1 amide bonds. The fourth-order valence-electron chi connectivity index (χ4n) is 2.19. The van der Waals surface area contributed by atoms with Crippen LogP contribution in [0.3, 0.4) is 0 Å². The molecule has 5 nitrogen and oxygen atoms in total. The number of H-pyrrole nitrogens is 1. The van der Waals surface area contributed by atoms with Crippen LogP contribution in [-0.2, 0) is 11.2 Å². The number of imidazole rings is 1. The number of anilines is 1. The third kappa shape index (κ3) is 3.09. The van der Waals surface area contributed by atoms with Crippen molar-refractivity contribution in [2.75, 3.05) is 5.32 Å². The van der Waals surface area contributed by atoms with Gasteiger partial charge in [-0.3, -0.25) is 4.79 Å². The molecular weight excluding hydrogens is 266 g/mol. The average Bonchev–Trinajstić information content (AvgIpc) is 3.00. The number of aliphatic hydroxyl groups excluding tert-OH is 1. The van der Waals surface area contributed by atoms with Gasteiger partial charge in [-0.05, 0) is 22.9 Å². The fraction of sp³-hybridized carbons (Fsp3) is 0.125. The minimum Gasteiger partial charge on any atom is -0.383 e. The van der Waals surface area contributed by atoms with Gasteiger partial charge < -0.3 is 15.4 Å². The third-order valence-electron chi connectivity index (χ3n) is 3.29. The van der Waals surface area contributed by atoms with Crippen LogP contribution in [0.15, 0.2) is 55.0 Å². The van der Waals surface area contributed by atoms with Gasteiger partial charge in [-0.2, -0.15) is 0 Å². The molecule has 3 N–H and O–H groups in total. The molecule has 0 radical (unpaired) electrons. The van der Waals surface area contributed by atoms with Crippen molar-refractivity contribution in [1.82, 2.24) is 9.97 Å². The van der Waals surface area contributed by atoms with E-state index in [0.29, 0.717) is 5.69 Å². The van der Waals surface area contributed by atoms with E-state index in [-0.39, 0.29) is 6.42 Å². The minimum atomic E-state index is -1.11. The van der Waals surface area contributed by atoms with Gasteiger partial charge in [0.1, 0.15) is 6.10 Å². The SMILES string of the molecule is O=C(Nc1ccc2ccccc2c1)C(O)Cc1cnc[nH]1. The predicted octanol–water partition coefficient (Wildman–Crippen LogP) is 2.10. The van der Waals surface area contributed by atoms with Crippen LogP contribution < -0.4 is 5.32 Å². The summed E-state index contributed by atoms with van der Waals surface area (Å²) in [6.45, 7) is 0.